The van der Waals surface area contributed by atoms with Gasteiger partial charge < -0.3 is 14.6 Å². The maximum atomic E-state index is 12.5. The summed E-state index contributed by atoms with van der Waals surface area (Å²) in [5.41, 5.74) is 1.12. The van der Waals surface area contributed by atoms with Gasteiger partial charge in [0.05, 0.1) is 12.2 Å². The molecule has 5 nitrogen and oxygen atoms in total. The molecule has 6 heteroatoms. The fourth-order valence-electron chi connectivity index (χ4n) is 4.71. The summed E-state index contributed by atoms with van der Waals surface area (Å²) < 4.78 is 24.5. The van der Waals surface area contributed by atoms with E-state index in [4.69, 9.17) is 14.6 Å². The van der Waals surface area contributed by atoms with E-state index in [9.17, 15) is 9.00 Å². The number of hydrogen-bond donors (Lipinski definition) is 1. The highest BCUT2D eigenvalue weighted by atomic mass is 32.2. The van der Waals surface area contributed by atoms with Crippen LogP contribution in [0.1, 0.15) is 37.7 Å². The second-order valence-electron chi connectivity index (χ2n) is 8.01. The quantitative estimate of drug-likeness (QED) is 0.348. The number of carbonyl (C=O) groups is 1. The summed E-state index contributed by atoms with van der Waals surface area (Å²) in [7, 11) is -0.866. The fraction of sp³-hybridized carbons (Fsp3) is 0.591. The third-order valence-corrected chi connectivity index (χ3v) is 7.45. The summed E-state index contributed by atoms with van der Waals surface area (Å²) in [6, 6.07) is 10.0. The van der Waals surface area contributed by atoms with Gasteiger partial charge in [0.25, 0.3) is 0 Å². The number of ether oxygens (including phenoxy) is 2. The molecular weight excluding hydrogens is 376 g/mol. The topological polar surface area (TPSA) is 76.1 Å². The van der Waals surface area contributed by atoms with Crippen molar-refractivity contribution in [3.8, 4) is 0 Å². The number of benzene rings is 1. The van der Waals surface area contributed by atoms with Crippen LogP contribution in [0, 0.1) is 11.8 Å². The summed E-state index contributed by atoms with van der Waals surface area (Å²) in [6.07, 6.45) is 8.63. The average Bonchev–Trinajstić information content (AvgIpc) is 3.30. The highest BCUT2D eigenvalue weighted by molar-refractivity contribution is 7.84. The first kappa shape index (κ1) is 19.8. The van der Waals surface area contributed by atoms with Crippen LogP contribution in [0.15, 0.2) is 42.5 Å². The molecule has 28 heavy (non-hydrogen) atoms. The van der Waals surface area contributed by atoms with E-state index in [1.165, 1.54) is 0 Å². The molecule has 3 fully saturated rings. The number of hydrogen-bond acceptors (Lipinski definition) is 4. The van der Waals surface area contributed by atoms with Gasteiger partial charge in [-0.3, -0.25) is 9.00 Å². The van der Waals surface area contributed by atoms with Crippen LogP contribution >= 0.6 is 0 Å². The molecule has 0 aliphatic carbocycles. The first-order valence-corrected chi connectivity index (χ1v) is 11.7. The highest BCUT2D eigenvalue weighted by Crippen LogP contribution is 2.55. The summed E-state index contributed by atoms with van der Waals surface area (Å²) in [4.78, 5) is 10.6. The van der Waals surface area contributed by atoms with Gasteiger partial charge in [-0.25, -0.2) is 0 Å². The Morgan fingerprint density at radius 1 is 1.04 bits per heavy atom. The van der Waals surface area contributed by atoms with E-state index in [1.54, 1.807) is 0 Å². The Bertz CT molecular complexity index is 734. The minimum absolute atomic E-state index is 0.161. The second-order valence-corrected chi connectivity index (χ2v) is 9.59. The van der Waals surface area contributed by atoms with Crippen LogP contribution in [0.4, 0.5) is 0 Å². The number of unbranched alkanes of at least 4 members (excludes halogenated alkanes) is 1. The summed E-state index contributed by atoms with van der Waals surface area (Å²) in [6.45, 7) is 0. The Balaban J connectivity index is 1.27. The molecule has 0 amide bonds. The van der Waals surface area contributed by atoms with Gasteiger partial charge in [0, 0.05) is 28.7 Å². The lowest BCUT2D eigenvalue weighted by Crippen LogP contribution is -2.33. The lowest BCUT2D eigenvalue weighted by atomic mass is 9.76. The Morgan fingerprint density at radius 3 is 2.50 bits per heavy atom. The molecule has 0 saturated carbocycles. The maximum Gasteiger partial charge on any atom is 0.303 e. The molecule has 3 saturated heterocycles. The van der Waals surface area contributed by atoms with Crippen molar-refractivity contribution in [2.24, 2.45) is 11.8 Å². The molecule has 2 bridgehead atoms. The number of allylic oxidation sites excluding steroid dienone is 2. The SMILES string of the molecule is O=C(O)CCCC=CC[C@H]1[C@@H](CCS(=O)Cc2ccccc2)[C@@H]2O[C@H]1[C@@H]1O[C@@H]12. The smallest absolute Gasteiger partial charge is 0.303 e. The molecule has 0 radical (unpaired) electrons. The summed E-state index contributed by atoms with van der Waals surface area (Å²) >= 11 is 0. The van der Waals surface area contributed by atoms with Gasteiger partial charge in [-0.05, 0) is 43.1 Å². The molecule has 152 valence electrons. The van der Waals surface area contributed by atoms with Crippen molar-refractivity contribution < 1.29 is 23.6 Å². The number of rotatable bonds is 11. The predicted octanol–water partition coefficient (Wildman–Crippen LogP) is 3.31. The van der Waals surface area contributed by atoms with Gasteiger partial charge in [-0.2, -0.15) is 0 Å². The van der Waals surface area contributed by atoms with Crippen molar-refractivity contribution in [1.82, 2.24) is 0 Å². The third kappa shape index (κ3) is 4.56. The molecule has 7 atom stereocenters. The normalized spacial score (nSPS) is 33.9. The number of fused-ring (bicyclic) bond motifs is 5. The van der Waals surface area contributed by atoms with E-state index in [0.717, 1.165) is 24.8 Å². The molecule has 1 aromatic carbocycles. The lowest BCUT2D eigenvalue weighted by Gasteiger charge is -2.25. The standard InChI is InChI=1S/C22H28O5S/c23-18(24)11-7-2-1-6-10-16-17(20-22-21(27-22)19(16)26-20)12-13-28(25)14-15-8-4-3-5-9-15/h1,3-6,8-9,16-17,19-22H,2,7,10-14H2,(H,23,24)/t16-,17+,19+,20-,21-,22+,28?/m0/s1. The third-order valence-electron chi connectivity index (χ3n) is 6.10. The van der Waals surface area contributed by atoms with Crippen molar-refractivity contribution in [1.29, 1.82) is 0 Å². The first-order valence-electron chi connectivity index (χ1n) is 10.2. The largest absolute Gasteiger partial charge is 0.481 e. The number of epoxide rings is 1. The minimum Gasteiger partial charge on any atom is -0.481 e. The monoisotopic (exact) mass is 404 g/mol. The molecule has 4 rings (SSSR count). The molecule has 3 aliphatic rings. The van der Waals surface area contributed by atoms with Crippen LogP contribution in [0.25, 0.3) is 0 Å². The second kappa shape index (κ2) is 8.89. The Kier molecular flexibility index (Phi) is 6.28. The van der Waals surface area contributed by atoms with Crippen molar-refractivity contribution in [2.45, 2.75) is 62.3 Å². The van der Waals surface area contributed by atoms with Gasteiger partial charge in [0.15, 0.2) is 0 Å². The van der Waals surface area contributed by atoms with Crippen LogP contribution in [-0.4, -0.2) is 45.5 Å². The average molecular weight is 405 g/mol. The van der Waals surface area contributed by atoms with Gasteiger partial charge in [-0.1, -0.05) is 42.5 Å². The van der Waals surface area contributed by atoms with Gasteiger partial charge in [0.2, 0.25) is 0 Å². The molecule has 0 spiro atoms. The van der Waals surface area contributed by atoms with Crippen LogP contribution in [0.5, 0.6) is 0 Å². The van der Waals surface area contributed by atoms with Gasteiger partial charge >= 0.3 is 5.97 Å². The van der Waals surface area contributed by atoms with Gasteiger partial charge in [0.1, 0.15) is 12.2 Å². The molecule has 3 aliphatic heterocycles. The van der Waals surface area contributed by atoms with E-state index in [-0.39, 0.29) is 30.8 Å². The van der Waals surface area contributed by atoms with Crippen LogP contribution < -0.4 is 0 Å². The number of aliphatic carboxylic acids is 1. The van der Waals surface area contributed by atoms with Crippen LogP contribution in [0.3, 0.4) is 0 Å². The van der Waals surface area contributed by atoms with Crippen molar-refractivity contribution in [3.63, 3.8) is 0 Å². The molecule has 0 aromatic heterocycles. The number of carboxylic acids is 1. The van der Waals surface area contributed by atoms with E-state index in [1.807, 2.05) is 30.3 Å². The van der Waals surface area contributed by atoms with Crippen LogP contribution in [0.2, 0.25) is 0 Å². The lowest BCUT2D eigenvalue weighted by molar-refractivity contribution is -0.137. The Labute approximate surface area is 168 Å². The zero-order valence-corrected chi connectivity index (χ0v) is 16.8. The van der Waals surface area contributed by atoms with Crippen molar-refractivity contribution in [3.05, 3.63) is 48.0 Å². The molecular formula is C22H28O5S. The molecule has 1 aromatic rings. The first-order chi connectivity index (χ1) is 13.6. The van der Waals surface area contributed by atoms with E-state index < -0.39 is 16.8 Å². The molecule has 1 unspecified atom stereocenters. The predicted molar refractivity (Wildman–Crippen MR) is 107 cm³/mol. The summed E-state index contributed by atoms with van der Waals surface area (Å²) in [5, 5.41) is 8.70. The Morgan fingerprint density at radius 2 is 1.75 bits per heavy atom. The van der Waals surface area contributed by atoms with E-state index >= 15 is 0 Å². The minimum atomic E-state index is -0.866. The van der Waals surface area contributed by atoms with Crippen molar-refractivity contribution >= 4 is 16.8 Å². The maximum absolute atomic E-state index is 12.5. The zero-order chi connectivity index (χ0) is 19.5. The highest BCUT2D eigenvalue weighted by Gasteiger charge is 2.68. The molecule has 1 N–H and O–H groups in total. The summed E-state index contributed by atoms with van der Waals surface area (Å²) in [5.74, 6) is 1.38. The fourth-order valence-corrected chi connectivity index (χ4v) is 5.95. The van der Waals surface area contributed by atoms with Crippen molar-refractivity contribution in [2.75, 3.05) is 5.75 Å². The molecule has 3 heterocycles. The van der Waals surface area contributed by atoms with E-state index in [2.05, 4.69) is 12.2 Å². The zero-order valence-electron chi connectivity index (χ0n) is 15.9. The van der Waals surface area contributed by atoms with E-state index in [0.29, 0.717) is 29.8 Å². The van der Waals surface area contributed by atoms with Gasteiger partial charge in [-0.15, -0.1) is 0 Å². The Hall–Kier alpha value is -1.50. The van der Waals surface area contributed by atoms with Crippen LogP contribution in [-0.2, 0) is 30.8 Å². The number of carboxylic acid groups (broad SMARTS) is 1.